The molecule has 4 aromatic rings. The lowest BCUT2D eigenvalue weighted by atomic mass is 9.67. The summed E-state index contributed by atoms with van der Waals surface area (Å²) in [6.07, 6.45) is 24.7. The van der Waals surface area contributed by atoms with Crippen LogP contribution in [-0.2, 0) is 6.42 Å². The summed E-state index contributed by atoms with van der Waals surface area (Å²) in [5.74, 6) is 0.803. The fraction of sp³-hybridized carbons (Fsp3) is 0.190. The summed E-state index contributed by atoms with van der Waals surface area (Å²) in [6, 6.07) is 27.1. The number of allylic oxidation sites excluding steroid dienone is 10. The van der Waals surface area contributed by atoms with Gasteiger partial charge in [-0.1, -0.05) is 127 Å². The van der Waals surface area contributed by atoms with Gasteiger partial charge in [0.2, 0.25) is 0 Å². The van der Waals surface area contributed by atoms with Crippen molar-refractivity contribution in [1.29, 1.82) is 0 Å². The van der Waals surface area contributed by atoms with Crippen LogP contribution in [-0.4, -0.2) is 0 Å². The molecule has 0 amide bonds. The van der Waals surface area contributed by atoms with Gasteiger partial charge in [-0.3, -0.25) is 0 Å². The number of fused-ring (bicyclic) bond motifs is 3. The molecule has 3 aliphatic rings. The molecule has 1 nitrogen and oxygen atoms in total. The molecule has 0 fully saturated rings. The molecule has 0 bridgehead atoms. The van der Waals surface area contributed by atoms with Crippen LogP contribution < -0.4 is 5.73 Å². The molecule has 1 heteroatoms. The molecule has 43 heavy (non-hydrogen) atoms. The van der Waals surface area contributed by atoms with Crippen molar-refractivity contribution in [2.24, 2.45) is 11.7 Å². The zero-order valence-corrected chi connectivity index (χ0v) is 25.2. The molecule has 2 atom stereocenters. The van der Waals surface area contributed by atoms with E-state index in [0.717, 1.165) is 30.4 Å². The number of benzene rings is 4. The molecule has 0 saturated heterocycles. The van der Waals surface area contributed by atoms with Gasteiger partial charge in [-0.25, -0.2) is 0 Å². The molecule has 0 aliphatic heterocycles. The first kappa shape index (κ1) is 27.2. The van der Waals surface area contributed by atoms with Gasteiger partial charge in [-0.2, -0.15) is 0 Å². The summed E-state index contributed by atoms with van der Waals surface area (Å²) < 4.78 is 0. The highest BCUT2D eigenvalue weighted by molar-refractivity contribution is 6.04. The van der Waals surface area contributed by atoms with E-state index < -0.39 is 0 Å². The van der Waals surface area contributed by atoms with E-state index in [9.17, 15) is 0 Å². The van der Waals surface area contributed by atoms with Crippen LogP contribution in [0.2, 0.25) is 0 Å². The maximum atomic E-state index is 5.92. The Morgan fingerprint density at radius 3 is 2.33 bits per heavy atom. The summed E-state index contributed by atoms with van der Waals surface area (Å²) >= 11 is 0. The smallest absolute Gasteiger partial charge is 0.00994 e. The molecule has 0 heterocycles. The van der Waals surface area contributed by atoms with Gasteiger partial charge < -0.3 is 5.73 Å². The summed E-state index contributed by atoms with van der Waals surface area (Å²) in [5, 5.41) is 2.77. The lowest BCUT2D eigenvalue weighted by Crippen LogP contribution is -2.21. The molecular formula is C42H39N. The van der Waals surface area contributed by atoms with E-state index in [-0.39, 0.29) is 0 Å². The van der Waals surface area contributed by atoms with Crippen molar-refractivity contribution in [3.63, 3.8) is 0 Å². The molecule has 2 unspecified atom stereocenters. The van der Waals surface area contributed by atoms with E-state index in [2.05, 4.69) is 122 Å². The van der Waals surface area contributed by atoms with E-state index >= 15 is 0 Å². The van der Waals surface area contributed by atoms with Crippen molar-refractivity contribution in [2.75, 3.05) is 0 Å². The van der Waals surface area contributed by atoms with E-state index in [0.29, 0.717) is 11.8 Å². The summed E-state index contributed by atoms with van der Waals surface area (Å²) in [6.45, 7) is 4.19. The molecule has 0 radical (unpaired) electrons. The van der Waals surface area contributed by atoms with E-state index in [1.165, 1.54) is 56.2 Å². The van der Waals surface area contributed by atoms with Crippen molar-refractivity contribution >= 4 is 28.0 Å². The van der Waals surface area contributed by atoms with E-state index in [1.54, 1.807) is 17.3 Å². The molecule has 0 saturated carbocycles. The molecule has 212 valence electrons. The van der Waals surface area contributed by atoms with Gasteiger partial charge in [0.05, 0.1) is 0 Å². The van der Waals surface area contributed by atoms with Crippen LogP contribution in [0.15, 0.2) is 127 Å². The molecule has 0 spiro atoms. The Balaban J connectivity index is 1.37. The standard InChI is InChI=1S/C42H39N/c1-3-10-32(27-43)29-21-23-30(24-22-29)33-25-26-40(35-12-5-4-11-34(33)35)42-38-15-8-6-13-36(38)41(31-19-17-28(2)18-20-31)37-14-7-9-16-39(37)42/h3-4,6-8,10-11,13-15,17-27,35,40H,5,9,12,16,43H2,1-2H3/b10-3-,32-27+. The zero-order chi connectivity index (χ0) is 29.3. The summed E-state index contributed by atoms with van der Waals surface area (Å²) in [4.78, 5) is 0. The van der Waals surface area contributed by atoms with Gasteiger partial charge in [0.15, 0.2) is 0 Å². The third-order valence-corrected chi connectivity index (χ3v) is 9.54. The van der Waals surface area contributed by atoms with Crippen LogP contribution in [0, 0.1) is 12.8 Å². The summed E-state index contributed by atoms with van der Waals surface area (Å²) in [5.41, 5.74) is 20.7. The minimum atomic E-state index is 0.349. The van der Waals surface area contributed by atoms with Gasteiger partial charge in [0, 0.05) is 12.1 Å². The minimum Gasteiger partial charge on any atom is -0.404 e. The highest BCUT2D eigenvalue weighted by Crippen LogP contribution is 2.50. The Morgan fingerprint density at radius 2 is 1.56 bits per heavy atom. The highest BCUT2D eigenvalue weighted by Gasteiger charge is 2.34. The predicted molar refractivity (Wildman–Crippen MR) is 186 cm³/mol. The predicted octanol–water partition coefficient (Wildman–Crippen LogP) is 10.7. The SMILES string of the molecule is C/C=C\C(=C/N)c1ccc(C2=C3C=CCCC3C(c3c4c(c(-c5ccc(C)cc5)c5ccccc35)C=CCC4)C=C2)cc1. The number of aryl methyl sites for hydroxylation is 1. The van der Waals surface area contributed by atoms with Gasteiger partial charge in [0.1, 0.15) is 0 Å². The van der Waals surface area contributed by atoms with Crippen molar-refractivity contribution in [3.05, 3.63) is 160 Å². The molecule has 3 aliphatic carbocycles. The monoisotopic (exact) mass is 557 g/mol. The average Bonchev–Trinajstić information content (AvgIpc) is 3.06. The van der Waals surface area contributed by atoms with Crippen LogP contribution in [0.3, 0.4) is 0 Å². The second kappa shape index (κ2) is 11.6. The topological polar surface area (TPSA) is 26.0 Å². The Kier molecular flexibility index (Phi) is 7.33. The third-order valence-electron chi connectivity index (χ3n) is 9.54. The normalized spacial score (nSPS) is 19.7. The molecule has 2 N–H and O–H groups in total. The van der Waals surface area contributed by atoms with Gasteiger partial charge in [0.25, 0.3) is 0 Å². The van der Waals surface area contributed by atoms with Gasteiger partial charge in [-0.05, 0) is 112 Å². The van der Waals surface area contributed by atoms with Crippen LogP contribution in [0.4, 0.5) is 0 Å². The maximum absolute atomic E-state index is 5.92. The van der Waals surface area contributed by atoms with Crippen molar-refractivity contribution in [3.8, 4) is 11.1 Å². The number of rotatable bonds is 5. The van der Waals surface area contributed by atoms with E-state index in [1.807, 2.05) is 13.0 Å². The van der Waals surface area contributed by atoms with Crippen molar-refractivity contribution < 1.29 is 0 Å². The molecule has 7 rings (SSSR count). The fourth-order valence-electron chi connectivity index (χ4n) is 7.52. The second-order valence-electron chi connectivity index (χ2n) is 12.1. The van der Waals surface area contributed by atoms with Gasteiger partial charge >= 0.3 is 0 Å². The Hall–Kier alpha value is -4.62. The first-order valence-electron chi connectivity index (χ1n) is 15.7. The van der Waals surface area contributed by atoms with Crippen LogP contribution >= 0.6 is 0 Å². The van der Waals surface area contributed by atoms with Crippen molar-refractivity contribution in [1.82, 2.24) is 0 Å². The lowest BCUT2D eigenvalue weighted by molar-refractivity contribution is 0.508. The van der Waals surface area contributed by atoms with Crippen LogP contribution in [0.5, 0.6) is 0 Å². The molecular weight excluding hydrogens is 518 g/mol. The maximum Gasteiger partial charge on any atom is 0.00994 e. The lowest BCUT2D eigenvalue weighted by Gasteiger charge is -2.36. The first-order chi connectivity index (χ1) is 21.2. The number of hydrogen-bond donors (Lipinski definition) is 1. The number of nitrogens with two attached hydrogens (primary N) is 1. The van der Waals surface area contributed by atoms with Crippen molar-refractivity contribution in [2.45, 2.75) is 45.4 Å². The van der Waals surface area contributed by atoms with Gasteiger partial charge in [-0.15, -0.1) is 0 Å². The second-order valence-corrected chi connectivity index (χ2v) is 12.1. The first-order valence-corrected chi connectivity index (χ1v) is 15.7. The molecule has 4 aromatic carbocycles. The third kappa shape index (κ3) is 4.83. The fourth-order valence-corrected chi connectivity index (χ4v) is 7.52. The quantitative estimate of drug-likeness (QED) is 0.243. The largest absolute Gasteiger partial charge is 0.404 e. The Bertz CT molecular complexity index is 1870. The minimum absolute atomic E-state index is 0.349. The summed E-state index contributed by atoms with van der Waals surface area (Å²) in [7, 11) is 0. The molecule has 0 aromatic heterocycles. The Labute approximate surface area is 256 Å². The zero-order valence-electron chi connectivity index (χ0n) is 25.2. The number of hydrogen-bond acceptors (Lipinski definition) is 1. The highest BCUT2D eigenvalue weighted by atomic mass is 14.5. The van der Waals surface area contributed by atoms with Crippen LogP contribution in [0.1, 0.15) is 65.5 Å². The van der Waals surface area contributed by atoms with E-state index in [4.69, 9.17) is 5.73 Å². The van der Waals surface area contributed by atoms with Crippen LogP contribution in [0.25, 0.3) is 39.1 Å². The average molecular weight is 558 g/mol. The Morgan fingerprint density at radius 1 is 0.814 bits per heavy atom.